The molecule has 1 aliphatic heterocycles. The van der Waals surface area contributed by atoms with Crippen molar-refractivity contribution >= 4 is 11.9 Å². The van der Waals surface area contributed by atoms with Crippen LogP contribution >= 0.6 is 0 Å². The zero-order valence-electron chi connectivity index (χ0n) is 12.9. The molecule has 0 radical (unpaired) electrons. The van der Waals surface area contributed by atoms with Crippen LogP contribution < -0.4 is 0 Å². The summed E-state index contributed by atoms with van der Waals surface area (Å²) >= 11 is 0. The van der Waals surface area contributed by atoms with E-state index in [-0.39, 0.29) is 11.9 Å². The Kier molecular flexibility index (Phi) is 4.66. The number of carboxylic acids is 1. The van der Waals surface area contributed by atoms with E-state index in [0.717, 1.165) is 5.56 Å². The van der Waals surface area contributed by atoms with Crippen LogP contribution in [0.5, 0.6) is 0 Å². The first kappa shape index (κ1) is 15.5. The Bertz CT molecular complexity index is 519. The molecule has 0 aromatic heterocycles. The monoisotopic (exact) mass is 289 g/mol. The van der Waals surface area contributed by atoms with Crippen LogP contribution in [0, 0.1) is 5.92 Å². The van der Waals surface area contributed by atoms with Gasteiger partial charge < -0.3 is 10.0 Å². The predicted octanol–water partition coefficient (Wildman–Crippen LogP) is 3.19. The van der Waals surface area contributed by atoms with Crippen LogP contribution in [0.4, 0.5) is 0 Å². The first-order chi connectivity index (χ1) is 9.95. The van der Waals surface area contributed by atoms with Crippen LogP contribution in [0.3, 0.4) is 0 Å². The van der Waals surface area contributed by atoms with Crippen molar-refractivity contribution < 1.29 is 14.7 Å². The largest absolute Gasteiger partial charge is 0.481 e. The predicted molar refractivity (Wildman–Crippen MR) is 81.0 cm³/mol. The van der Waals surface area contributed by atoms with Crippen molar-refractivity contribution in [1.29, 1.82) is 0 Å². The van der Waals surface area contributed by atoms with Gasteiger partial charge in [0.15, 0.2) is 0 Å². The van der Waals surface area contributed by atoms with Crippen molar-refractivity contribution in [2.75, 3.05) is 6.54 Å². The van der Waals surface area contributed by atoms with Gasteiger partial charge in [0, 0.05) is 13.0 Å². The number of amides is 1. The molecule has 1 aliphatic rings. The Hall–Kier alpha value is -1.84. The summed E-state index contributed by atoms with van der Waals surface area (Å²) in [5.41, 5.74) is 2.14. The lowest BCUT2D eigenvalue weighted by Crippen LogP contribution is -2.45. The van der Waals surface area contributed by atoms with Gasteiger partial charge in [0.2, 0.25) is 5.91 Å². The average molecular weight is 289 g/mol. The number of benzene rings is 1. The Balaban J connectivity index is 2.38. The molecule has 4 nitrogen and oxygen atoms in total. The van der Waals surface area contributed by atoms with Crippen LogP contribution in [-0.4, -0.2) is 28.4 Å². The van der Waals surface area contributed by atoms with E-state index in [4.69, 9.17) is 0 Å². The van der Waals surface area contributed by atoms with Crippen molar-refractivity contribution in [2.45, 2.75) is 45.6 Å². The molecule has 2 unspecified atom stereocenters. The maximum absolute atomic E-state index is 12.1. The number of likely N-dealkylation sites (tertiary alicyclic amines) is 1. The fourth-order valence-corrected chi connectivity index (χ4v) is 3.07. The van der Waals surface area contributed by atoms with Gasteiger partial charge in [-0.2, -0.15) is 0 Å². The Morgan fingerprint density at radius 3 is 2.43 bits per heavy atom. The van der Waals surface area contributed by atoms with Crippen molar-refractivity contribution in [1.82, 2.24) is 4.90 Å². The minimum absolute atomic E-state index is 0.0490. The van der Waals surface area contributed by atoms with Gasteiger partial charge in [-0.05, 0) is 30.4 Å². The number of nitrogens with zero attached hydrogens (tertiary/aromatic N) is 1. The molecule has 0 aliphatic carbocycles. The maximum atomic E-state index is 12.1. The van der Waals surface area contributed by atoms with Gasteiger partial charge in [-0.3, -0.25) is 9.59 Å². The normalized spacial score (nSPS) is 22.7. The molecule has 0 bridgehead atoms. The minimum Gasteiger partial charge on any atom is -0.481 e. The number of rotatable bonds is 4. The number of carbonyl (C=O) groups is 2. The zero-order valence-corrected chi connectivity index (χ0v) is 12.9. The lowest BCUT2D eigenvalue weighted by atomic mass is 9.83. The number of carboxylic acid groups (broad SMARTS) is 1. The zero-order chi connectivity index (χ0) is 15.6. The van der Waals surface area contributed by atoms with Crippen LogP contribution in [0.1, 0.15) is 56.7 Å². The molecule has 4 heteroatoms. The lowest BCUT2D eigenvalue weighted by molar-refractivity contribution is -0.151. The third-order valence-corrected chi connectivity index (χ3v) is 4.31. The summed E-state index contributed by atoms with van der Waals surface area (Å²) in [6, 6.07) is 7.65. The maximum Gasteiger partial charge on any atom is 0.308 e. The SMILES string of the molecule is CCN1C(=O)CCC(C(=O)O)C1c1ccc(C(C)C)cc1. The number of piperidine rings is 1. The Morgan fingerprint density at radius 2 is 1.95 bits per heavy atom. The lowest BCUT2D eigenvalue weighted by Gasteiger charge is -2.39. The third-order valence-electron chi connectivity index (χ3n) is 4.31. The third kappa shape index (κ3) is 3.09. The second kappa shape index (κ2) is 6.29. The summed E-state index contributed by atoms with van der Waals surface area (Å²) in [5, 5.41) is 9.47. The topological polar surface area (TPSA) is 57.6 Å². The van der Waals surface area contributed by atoms with E-state index in [1.165, 1.54) is 5.56 Å². The van der Waals surface area contributed by atoms with Crippen LogP contribution in [-0.2, 0) is 9.59 Å². The summed E-state index contributed by atoms with van der Waals surface area (Å²) < 4.78 is 0. The van der Waals surface area contributed by atoms with Crippen molar-refractivity contribution in [3.63, 3.8) is 0 Å². The molecule has 1 aromatic carbocycles. The van der Waals surface area contributed by atoms with Crippen molar-refractivity contribution in [2.24, 2.45) is 5.92 Å². The van der Waals surface area contributed by atoms with Gasteiger partial charge >= 0.3 is 5.97 Å². The van der Waals surface area contributed by atoms with E-state index in [1.807, 2.05) is 31.2 Å². The quantitative estimate of drug-likeness (QED) is 0.926. The molecule has 1 heterocycles. The van der Waals surface area contributed by atoms with Gasteiger partial charge in [-0.15, -0.1) is 0 Å². The number of hydrogen-bond acceptors (Lipinski definition) is 2. The summed E-state index contributed by atoms with van der Waals surface area (Å²) in [7, 11) is 0. The number of carbonyl (C=O) groups excluding carboxylic acids is 1. The fraction of sp³-hybridized carbons (Fsp3) is 0.529. The molecule has 21 heavy (non-hydrogen) atoms. The summed E-state index contributed by atoms with van der Waals surface area (Å²) in [4.78, 5) is 25.3. The van der Waals surface area contributed by atoms with E-state index in [1.54, 1.807) is 4.90 Å². The first-order valence-corrected chi connectivity index (χ1v) is 7.57. The minimum atomic E-state index is -0.820. The Morgan fingerprint density at radius 1 is 1.33 bits per heavy atom. The van der Waals surface area contributed by atoms with Crippen LogP contribution in [0.25, 0.3) is 0 Å². The smallest absolute Gasteiger partial charge is 0.308 e. The molecule has 0 spiro atoms. The Labute approximate surface area is 125 Å². The molecule has 1 N–H and O–H groups in total. The van der Waals surface area contributed by atoms with Crippen molar-refractivity contribution in [3.8, 4) is 0 Å². The highest BCUT2D eigenvalue weighted by Crippen LogP contribution is 2.37. The molecule has 1 saturated heterocycles. The summed E-state index contributed by atoms with van der Waals surface area (Å²) in [6.45, 7) is 6.69. The number of aliphatic carboxylic acids is 1. The molecule has 1 fully saturated rings. The molecule has 0 saturated carbocycles. The van der Waals surface area contributed by atoms with Crippen molar-refractivity contribution in [3.05, 3.63) is 35.4 Å². The van der Waals surface area contributed by atoms with Gasteiger partial charge in [-0.1, -0.05) is 38.1 Å². The second-order valence-corrected chi connectivity index (χ2v) is 5.93. The van der Waals surface area contributed by atoms with Crippen LogP contribution in [0.2, 0.25) is 0 Å². The summed E-state index contributed by atoms with van der Waals surface area (Å²) in [5.74, 6) is -0.857. The standard InChI is InChI=1S/C17H23NO3/c1-4-18-15(19)10-9-14(17(20)21)16(18)13-7-5-12(6-8-13)11(2)3/h5-8,11,14,16H,4,9-10H2,1-3H3,(H,20,21). The molecule has 1 aromatic rings. The molecular formula is C17H23NO3. The van der Waals surface area contributed by atoms with Crippen LogP contribution in [0.15, 0.2) is 24.3 Å². The van der Waals surface area contributed by atoms with Gasteiger partial charge in [-0.25, -0.2) is 0 Å². The van der Waals surface area contributed by atoms with Gasteiger partial charge in [0.1, 0.15) is 0 Å². The van der Waals surface area contributed by atoms with E-state index >= 15 is 0 Å². The van der Waals surface area contributed by atoms with E-state index in [0.29, 0.717) is 25.3 Å². The van der Waals surface area contributed by atoms with E-state index < -0.39 is 11.9 Å². The highest BCUT2D eigenvalue weighted by Gasteiger charge is 2.39. The highest BCUT2D eigenvalue weighted by molar-refractivity contribution is 5.81. The van der Waals surface area contributed by atoms with Gasteiger partial charge in [0.05, 0.1) is 12.0 Å². The summed E-state index contributed by atoms with van der Waals surface area (Å²) in [6.07, 6.45) is 0.743. The highest BCUT2D eigenvalue weighted by atomic mass is 16.4. The molecule has 1 amide bonds. The molecular weight excluding hydrogens is 266 g/mol. The molecule has 2 rings (SSSR count). The van der Waals surface area contributed by atoms with E-state index in [9.17, 15) is 14.7 Å². The molecule has 2 atom stereocenters. The fourth-order valence-electron chi connectivity index (χ4n) is 3.07. The second-order valence-electron chi connectivity index (χ2n) is 5.93. The average Bonchev–Trinajstić information content (AvgIpc) is 2.46. The first-order valence-electron chi connectivity index (χ1n) is 7.57. The molecule has 114 valence electrons. The van der Waals surface area contributed by atoms with Gasteiger partial charge in [0.25, 0.3) is 0 Å². The number of hydrogen-bond donors (Lipinski definition) is 1. The van der Waals surface area contributed by atoms with E-state index in [2.05, 4.69) is 13.8 Å².